The first-order valence-electron chi connectivity index (χ1n) is 4.17. The fourth-order valence-corrected chi connectivity index (χ4v) is 1.66. The molecule has 1 saturated carbocycles. The first kappa shape index (κ1) is 7.58. The van der Waals surface area contributed by atoms with Crippen LogP contribution in [0.15, 0.2) is 0 Å². The zero-order valence-electron chi connectivity index (χ0n) is 6.62. The summed E-state index contributed by atoms with van der Waals surface area (Å²) in [5.74, 6) is 0.00310. The molecular weight excluding hydrogens is 160 g/mol. The van der Waals surface area contributed by atoms with Gasteiger partial charge in [0.05, 0.1) is 0 Å². The molecule has 2 atom stereocenters. The number of ketones is 1. The van der Waals surface area contributed by atoms with Gasteiger partial charge in [0, 0.05) is 6.42 Å². The van der Waals surface area contributed by atoms with E-state index in [0.29, 0.717) is 6.42 Å². The molecule has 2 rings (SSSR count). The Bertz CT molecular complexity index is 223. The van der Waals surface area contributed by atoms with Crippen molar-refractivity contribution in [2.45, 2.75) is 37.9 Å². The average Bonchev–Trinajstić information content (AvgIpc) is 2.33. The van der Waals surface area contributed by atoms with E-state index in [-0.39, 0.29) is 11.9 Å². The number of ether oxygens (including phenoxy) is 2. The quantitative estimate of drug-likeness (QED) is 0.509. The first-order chi connectivity index (χ1) is 5.77. The normalized spacial score (nSPS) is 35.0. The van der Waals surface area contributed by atoms with Gasteiger partial charge in [-0.25, -0.2) is 4.79 Å². The molecule has 1 aliphatic carbocycles. The molecular formula is C8H10O4. The lowest BCUT2D eigenvalue weighted by Gasteiger charge is -2.08. The van der Waals surface area contributed by atoms with Crippen LogP contribution in [-0.2, 0) is 14.3 Å². The minimum absolute atomic E-state index is 0.00310. The van der Waals surface area contributed by atoms with Gasteiger partial charge < -0.3 is 9.47 Å². The lowest BCUT2D eigenvalue weighted by Crippen LogP contribution is -2.29. The van der Waals surface area contributed by atoms with E-state index in [9.17, 15) is 9.59 Å². The van der Waals surface area contributed by atoms with Gasteiger partial charge in [-0.2, -0.15) is 0 Å². The summed E-state index contributed by atoms with van der Waals surface area (Å²) in [5.41, 5.74) is 0. The summed E-state index contributed by atoms with van der Waals surface area (Å²) in [7, 11) is 0. The van der Waals surface area contributed by atoms with E-state index >= 15 is 0 Å². The van der Waals surface area contributed by atoms with Crippen LogP contribution in [0.3, 0.4) is 0 Å². The van der Waals surface area contributed by atoms with Gasteiger partial charge in [0.2, 0.25) is 0 Å². The predicted octanol–water partition coefficient (Wildman–Crippen LogP) is 1.03. The third kappa shape index (κ3) is 1.17. The monoisotopic (exact) mass is 170 g/mol. The lowest BCUT2D eigenvalue weighted by atomic mass is 10.1. The Hall–Kier alpha value is -1.06. The van der Waals surface area contributed by atoms with Crippen molar-refractivity contribution in [3.05, 3.63) is 0 Å². The van der Waals surface area contributed by atoms with Gasteiger partial charge in [0.25, 0.3) is 0 Å². The molecule has 0 unspecified atom stereocenters. The number of carbonyl (C=O) groups excluding carboxylic acids is 2. The van der Waals surface area contributed by atoms with Gasteiger partial charge in [0.15, 0.2) is 11.9 Å². The average molecular weight is 170 g/mol. The molecule has 2 fully saturated rings. The Balaban J connectivity index is 2.14. The van der Waals surface area contributed by atoms with Gasteiger partial charge in [-0.15, -0.1) is 0 Å². The van der Waals surface area contributed by atoms with Crippen molar-refractivity contribution in [1.82, 2.24) is 0 Å². The second-order valence-corrected chi connectivity index (χ2v) is 3.16. The predicted molar refractivity (Wildman–Crippen MR) is 38.6 cm³/mol. The molecule has 0 aromatic rings. The molecule has 1 saturated heterocycles. The number of carbonyl (C=O) groups is 2. The van der Waals surface area contributed by atoms with Crippen LogP contribution < -0.4 is 0 Å². The van der Waals surface area contributed by atoms with Crippen molar-refractivity contribution < 1.29 is 19.1 Å². The molecule has 0 aromatic carbocycles. The first-order valence-corrected chi connectivity index (χ1v) is 4.17. The summed E-state index contributed by atoms with van der Waals surface area (Å²) in [6.45, 7) is 0. The molecule has 0 N–H and O–H groups in total. The molecule has 0 amide bonds. The van der Waals surface area contributed by atoms with E-state index in [1.165, 1.54) is 0 Å². The number of hydrogen-bond donors (Lipinski definition) is 0. The number of rotatable bonds is 0. The van der Waals surface area contributed by atoms with Gasteiger partial charge in [-0.3, -0.25) is 4.79 Å². The van der Waals surface area contributed by atoms with E-state index in [0.717, 1.165) is 19.3 Å². The number of fused-ring (bicyclic) bond motifs is 1. The zero-order valence-corrected chi connectivity index (χ0v) is 6.62. The Labute approximate surface area is 69.8 Å². The summed E-state index contributed by atoms with van der Waals surface area (Å²) in [5, 5.41) is 0. The fraction of sp³-hybridized carbons (Fsp3) is 0.750. The topological polar surface area (TPSA) is 52.6 Å². The highest BCUT2D eigenvalue weighted by Crippen LogP contribution is 2.25. The molecule has 0 aromatic heterocycles. The van der Waals surface area contributed by atoms with E-state index in [2.05, 4.69) is 0 Å². The molecule has 4 nitrogen and oxygen atoms in total. The van der Waals surface area contributed by atoms with Gasteiger partial charge in [-0.1, -0.05) is 0 Å². The van der Waals surface area contributed by atoms with Crippen molar-refractivity contribution in [1.29, 1.82) is 0 Å². The largest absolute Gasteiger partial charge is 0.509 e. The van der Waals surface area contributed by atoms with Gasteiger partial charge >= 0.3 is 6.16 Å². The minimum atomic E-state index is -0.694. The van der Waals surface area contributed by atoms with Crippen molar-refractivity contribution >= 4 is 11.9 Å². The summed E-state index contributed by atoms with van der Waals surface area (Å²) < 4.78 is 9.58. The smallest absolute Gasteiger partial charge is 0.426 e. The molecule has 0 bridgehead atoms. The highest BCUT2D eigenvalue weighted by molar-refractivity contribution is 5.87. The van der Waals surface area contributed by atoms with E-state index in [1.807, 2.05) is 0 Å². The summed E-state index contributed by atoms with van der Waals surface area (Å²) >= 11 is 0. The van der Waals surface area contributed by atoms with Crippen molar-refractivity contribution in [3.63, 3.8) is 0 Å². The Morgan fingerprint density at radius 2 is 2.00 bits per heavy atom. The van der Waals surface area contributed by atoms with Crippen LogP contribution in [0, 0.1) is 0 Å². The maximum absolute atomic E-state index is 11.3. The summed E-state index contributed by atoms with van der Waals surface area (Å²) in [4.78, 5) is 22.0. The van der Waals surface area contributed by atoms with Crippen LogP contribution in [0.25, 0.3) is 0 Å². The maximum Gasteiger partial charge on any atom is 0.509 e. The van der Waals surface area contributed by atoms with Gasteiger partial charge in [-0.05, 0) is 19.3 Å². The van der Waals surface area contributed by atoms with Crippen LogP contribution in [0.2, 0.25) is 0 Å². The second-order valence-electron chi connectivity index (χ2n) is 3.16. The molecule has 4 heteroatoms. The van der Waals surface area contributed by atoms with Crippen LogP contribution in [-0.4, -0.2) is 24.1 Å². The van der Waals surface area contributed by atoms with Crippen LogP contribution in [0.5, 0.6) is 0 Å². The highest BCUT2D eigenvalue weighted by atomic mass is 16.8. The van der Waals surface area contributed by atoms with Crippen molar-refractivity contribution in [2.75, 3.05) is 0 Å². The van der Waals surface area contributed by atoms with Crippen LogP contribution in [0.4, 0.5) is 4.79 Å². The number of Topliss-reactive ketones (excluding diaryl/α,β-unsaturated/α-hetero) is 1. The molecule has 2 aliphatic rings. The van der Waals surface area contributed by atoms with E-state index in [4.69, 9.17) is 9.47 Å². The standard InChI is InChI=1S/C8H10O4/c9-5-3-1-2-4-6-7(5)12-8(10)11-6/h6-7H,1-4H2/t6-,7+/m0/s1. The number of hydrogen-bond acceptors (Lipinski definition) is 4. The molecule has 66 valence electrons. The van der Waals surface area contributed by atoms with Crippen molar-refractivity contribution in [3.8, 4) is 0 Å². The van der Waals surface area contributed by atoms with E-state index < -0.39 is 12.3 Å². The highest BCUT2D eigenvalue weighted by Gasteiger charge is 2.42. The summed E-state index contributed by atoms with van der Waals surface area (Å²) in [6.07, 6.45) is 1.46. The third-order valence-electron chi connectivity index (χ3n) is 2.29. The van der Waals surface area contributed by atoms with Crippen LogP contribution >= 0.6 is 0 Å². The second kappa shape index (κ2) is 2.77. The lowest BCUT2D eigenvalue weighted by molar-refractivity contribution is -0.126. The van der Waals surface area contributed by atoms with E-state index in [1.54, 1.807) is 0 Å². The summed E-state index contributed by atoms with van der Waals surface area (Å²) in [6, 6.07) is 0. The Morgan fingerprint density at radius 1 is 1.17 bits per heavy atom. The Morgan fingerprint density at radius 3 is 2.83 bits per heavy atom. The van der Waals surface area contributed by atoms with Gasteiger partial charge in [0.1, 0.15) is 6.10 Å². The van der Waals surface area contributed by atoms with Crippen LogP contribution in [0.1, 0.15) is 25.7 Å². The zero-order chi connectivity index (χ0) is 8.55. The maximum atomic E-state index is 11.3. The molecule has 1 heterocycles. The molecule has 1 aliphatic heterocycles. The minimum Gasteiger partial charge on any atom is -0.426 e. The van der Waals surface area contributed by atoms with Crippen molar-refractivity contribution in [2.24, 2.45) is 0 Å². The molecule has 0 spiro atoms. The molecule has 12 heavy (non-hydrogen) atoms. The Kier molecular flexibility index (Phi) is 1.75. The SMILES string of the molecule is O=C1O[C@H]2CCCCC(=O)[C@H]2O1. The fourth-order valence-electron chi connectivity index (χ4n) is 1.66. The molecule has 0 radical (unpaired) electrons. The third-order valence-corrected chi connectivity index (χ3v) is 2.29.